The van der Waals surface area contributed by atoms with Gasteiger partial charge in [0.05, 0.1) is 17.9 Å². The van der Waals surface area contributed by atoms with Crippen LogP contribution in [0.3, 0.4) is 0 Å². The van der Waals surface area contributed by atoms with Crippen LogP contribution >= 0.6 is 0 Å². The molecule has 1 aliphatic rings. The number of pyridine rings is 1. The van der Waals surface area contributed by atoms with Crippen LogP contribution in [0.15, 0.2) is 78.0 Å². The van der Waals surface area contributed by atoms with E-state index in [-0.39, 0.29) is 5.91 Å². The Morgan fingerprint density at radius 3 is 2.48 bits per heavy atom. The molecular formula is C21H17FN4O. The van der Waals surface area contributed by atoms with Gasteiger partial charge in [0.25, 0.3) is 5.91 Å². The molecule has 0 saturated carbocycles. The first-order valence-corrected chi connectivity index (χ1v) is 8.53. The maximum Gasteiger partial charge on any atom is 0.266 e. The smallest absolute Gasteiger partial charge is 0.266 e. The Morgan fingerprint density at radius 2 is 1.74 bits per heavy atom. The summed E-state index contributed by atoms with van der Waals surface area (Å²) in [6.07, 6.45) is 2.25. The fourth-order valence-corrected chi connectivity index (χ4v) is 3.16. The summed E-state index contributed by atoms with van der Waals surface area (Å²) in [7, 11) is 0. The molecule has 0 radical (unpaired) electrons. The number of nitrogens with zero attached hydrogens (tertiary/aromatic N) is 3. The fourth-order valence-electron chi connectivity index (χ4n) is 3.16. The van der Waals surface area contributed by atoms with Gasteiger partial charge < -0.3 is 10.6 Å². The van der Waals surface area contributed by atoms with Crippen LogP contribution in [0.5, 0.6) is 0 Å². The standard InChI is InChI=1S/C21H17FN4O/c22-17-9-3-1-7-15(17)19-16-8-2-4-10-18(16)26(21(27)20(23)25-19)13-14-6-5-11-24-12-14/h1-12,20H,13,23H2/t20-/m0/s1. The van der Waals surface area contributed by atoms with Crippen molar-refractivity contribution in [2.45, 2.75) is 12.7 Å². The number of para-hydroxylation sites is 1. The van der Waals surface area contributed by atoms with Crippen molar-refractivity contribution < 1.29 is 9.18 Å². The minimum absolute atomic E-state index is 0.303. The van der Waals surface area contributed by atoms with Crippen molar-refractivity contribution in [3.8, 4) is 0 Å². The summed E-state index contributed by atoms with van der Waals surface area (Å²) in [5, 5.41) is 0. The van der Waals surface area contributed by atoms with Crippen molar-refractivity contribution in [2.24, 2.45) is 10.7 Å². The maximum absolute atomic E-state index is 14.4. The molecule has 2 N–H and O–H groups in total. The second kappa shape index (κ2) is 7.09. The lowest BCUT2D eigenvalue weighted by molar-refractivity contribution is -0.119. The van der Waals surface area contributed by atoms with Crippen LogP contribution in [0.1, 0.15) is 16.7 Å². The quantitative estimate of drug-likeness (QED) is 0.781. The number of amides is 1. The molecule has 6 heteroatoms. The summed E-state index contributed by atoms with van der Waals surface area (Å²) in [6, 6.07) is 17.3. The number of benzene rings is 2. The molecule has 0 unspecified atom stereocenters. The fraction of sp³-hybridized carbons (Fsp3) is 0.0952. The van der Waals surface area contributed by atoms with Gasteiger partial charge in [0.15, 0.2) is 6.17 Å². The van der Waals surface area contributed by atoms with E-state index in [1.54, 1.807) is 35.5 Å². The molecule has 4 rings (SSSR count). The number of halogens is 1. The van der Waals surface area contributed by atoms with Crippen molar-refractivity contribution in [1.82, 2.24) is 4.98 Å². The summed E-state index contributed by atoms with van der Waals surface area (Å²) in [6.45, 7) is 0.303. The normalized spacial score (nSPS) is 16.5. The molecule has 134 valence electrons. The van der Waals surface area contributed by atoms with E-state index in [4.69, 9.17) is 5.73 Å². The van der Waals surface area contributed by atoms with Crippen molar-refractivity contribution in [1.29, 1.82) is 0 Å². The molecule has 2 aromatic carbocycles. The number of rotatable bonds is 3. The van der Waals surface area contributed by atoms with Crippen molar-refractivity contribution >= 4 is 17.3 Å². The molecule has 0 bridgehead atoms. The van der Waals surface area contributed by atoms with Crippen LogP contribution in [0.25, 0.3) is 0 Å². The van der Waals surface area contributed by atoms with E-state index < -0.39 is 12.0 Å². The van der Waals surface area contributed by atoms with E-state index >= 15 is 0 Å². The van der Waals surface area contributed by atoms with Gasteiger partial charge in [-0.05, 0) is 29.8 Å². The van der Waals surface area contributed by atoms with E-state index in [0.717, 1.165) is 5.56 Å². The summed E-state index contributed by atoms with van der Waals surface area (Å²) in [4.78, 5) is 23.0. The maximum atomic E-state index is 14.4. The highest BCUT2D eigenvalue weighted by atomic mass is 19.1. The first-order valence-electron chi connectivity index (χ1n) is 8.53. The third-order valence-corrected chi connectivity index (χ3v) is 4.43. The van der Waals surface area contributed by atoms with Gasteiger partial charge in [0, 0.05) is 23.5 Å². The van der Waals surface area contributed by atoms with Gasteiger partial charge in [-0.3, -0.25) is 14.8 Å². The summed E-state index contributed by atoms with van der Waals surface area (Å²) in [5.74, 6) is -0.760. The molecule has 0 fully saturated rings. The number of carbonyl (C=O) groups is 1. The second-order valence-electron chi connectivity index (χ2n) is 6.21. The van der Waals surface area contributed by atoms with Crippen LogP contribution in [0.2, 0.25) is 0 Å². The Morgan fingerprint density at radius 1 is 1.00 bits per heavy atom. The Labute approximate surface area is 156 Å². The van der Waals surface area contributed by atoms with E-state index in [1.807, 2.05) is 36.4 Å². The van der Waals surface area contributed by atoms with Crippen LogP contribution in [0.4, 0.5) is 10.1 Å². The highest BCUT2D eigenvalue weighted by Gasteiger charge is 2.30. The van der Waals surface area contributed by atoms with Gasteiger partial charge in [-0.25, -0.2) is 4.39 Å². The Kier molecular flexibility index (Phi) is 4.48. The van der Waals surface area contributed by atoms with E-state index in [1.165, 1.54) is 6.07 Å². The molecule has 1 amide bonds. The predicted octanol–water partition coefficient (Wildman–Crippen LogP) is 2.89. The zero-order chi connectivity index (χ0) is 18.8. The minimum atomic E-state index is -1.12. The van der Waals surface area contributed by atoms with Gasteiger partial charge >= 0.3 is 0 Å². The topological polar surface area (TPSA) is 71.6 Å². The first kappa shape index (κ1) is 17.1. The molecule has 1 aromatic heterocycles. The number of aromatic nitrogens is 1. The first-order chi connectivity index (χ1) is 13.1. The Bertz CT molecular complexity index is 1020. The van der Waals surface area contributed by atoms with E-state index in [9.17, 15) is 9.18 Å². The molecule has 0 aliphatic carbocycles. The summed E-state index contributed by atoms with van der Waals surface area (Å²) >= 11 is 0. The van der Waals surface area contributed by atoms with Crippen molar-refractivity contribution in [3.05, 3.63) is 95.6 Å². The van der Waals surface area contributed by atoms with Gasteiger partial charge in [-0.2, -0.15) is 0 Å². The van der Waals surface area contributed by atoms with Gasteiger partial charge in [0.2, 0.25) is 0 Å². The SMILES string of the molecule is N[C@H]1N=C(c2ccccc2F)c2ccccc2N(Cc2cccnc2)C1=O. The molecule has 0 saturated heterocycles. The van der Waals surface area contributed by atoms with E-state index in [2.05, 4.69) is 9.98 Å². The Balaban J connectivity index is 1.86. The number of hydrogen-bond acceptors (Lipinski definition) is 4. The molecule has 0 spiro atoms. The van der Waals surface area contributed by atoms with Gasteiger partial charge in [-0.1, -0.05) is 36.4 Å². The molecular weight excluding hydrogens is 343 g/mol. The number of fused-ring (bicyclic) bond motifs is 1. The molecule has 3 aromatic rings. The molecule has 1 aliphatic heterocycles. The van der Waals surface area contributed by atoms with Crippen LogP contribution in [0, 0.1) is 5.82 Å². The summed E-state index contributed by atoms with van der Waals surface area (Å²) in [5.41, 5.74) is 8.92. The Hall–Kier alpha value is -3.38. The molecule has 1 atom stereocenters. The zero-order valence-electron chi connectivity index (χ0n) is 14.4. The average molecular weight is 360 g/mol. The number of nitrogens with two attached hydrogens (primary N) is 1. The zero-order valence-corrected chi connectivity index (χ0v) is 14.4. The van der Waals surface area contributed by atoms with Crippen molar-refractivity contribution in [2.75, 3.05) is 4.90 Å². The van der Waals surface area contributed by atoms with Crippen LogP contribution in [-0.2, 0) is 11.3 Å². The molecule has 27 heavy (non-hydrogen) atoms. The number of benzodiazepines with no additional fused rings is 1. The highest BCUT2D eigenvalue weighted by Crippen LogP contribution is 2.29. The number of anilines is 1. The number of hydrogen-bond donors (Lipinski definition) is 1. The lowest BCUT2D eigenvalue weighted by atomic mass is 9.99. The van der Waals surface area contributed by atoms with Crippen LogP contribution in [-0.4, -0.2) is 22.8 Å². The van der Waals surface area contributed by atoms with Gasteiger partial charge in [-0.15, -0.1) is 0 Å². The van der Waals surface area contributed by atoms with E-state index in [0.29, 0.717) is 29.1 Å². The number of aliphatic imine (C=N–C) groups is 1. The molecule has 2 heterocycles. The van der Waals surface area contributed by atoms with Crippen LogP contribution < -0.4 is 10.6 Å². The third-order valence-electron chi connectivity index (χ3n) is 4.43. The largest absolute Gasteiger partial charge is 0.304 e. The third kappa shape index (κ3) is 3.22. The molecule has 5 nitrogen and oxygen atoms in total. The number of carbonyl (C=O) groups excluding carboxylic acids is 1. The average Bonchev–Trinajstić information content (AvgIpc) is 2.80. The second-order valence-corrected chi connectivity index (χ2v) is 6.21. The summed E-state index contributed by atoms with van der Waals surface area (Å²) < 4.78 is 14.4. The van der Waals surface area contributed by atoms with Crippen molar-refractivity contribution in [3.63, 3.8) is 0 Å². The monoisotopic (exact) mass is 360 g/mol. The minimum Gasteiger partial charge on any atom is -0.304 e. The lowest BCUT2D eigenvalue weighted by Gasteiger charge is -2.24. The predicted molar refractivity (Wildman–Crippen MR) is 102 cm³/mol. The lowest BCUT2D eigenvalue weighted by Crippen LogP contribution is -2.41. The highest BCUT2D eigenvalue weighted by molar-refractivity contribution is 6.20. The van der Waals surface area contributed by atoms with Gasteiger partial charge in [0.1, 0.15) is 5.82 Å².